The van der Waals surface area contributed by atoms with Gasteiger partial charge in [-0.2, -0.15) is 0 Å². The van der Waals surface area contributed by atoms with Crippen LogP contribution in [0.5, 0.6) is 0 Å². The third-order valence-electron chi connectivity index (χ3n) is 5.27. The summed E-state index contributed by atoms with van der Waals surface area (Å²) in [5, 5.41) is 3.11. The fraction of sp³-hybridized carbons (Fsp3) is 0.895. The second kappa shape index (κ2) is 8.27. The Morgan fingerprint density at radius 3 is 2.22 bits per heavy atom. The summed E-state index contributed by atoms with van der Waals surface area (Å²) in [6.45, 7) is 7.37. The van der Waals surface area contributed by atoms with E-state index in [0.717, 1.165) is 38.9 Å². The molecule has 1 saturated carbocycles. The van der Waals surface area contributed by atoms with Crippen molar-refractivity contribution in [3.63, 3.8) is 0 Å². The highest BCUT2D eigenvalue weighted by Crippen LogP contribution is 2.31. The molecular formula is C19H33NO3. The molecule has 2 aliphatic rings. The van der Waals surface area contributed by atoms with Gasteiger partial charge in [0, 0.05) is 25.0 Å². The van der Waals surface area contributed by atoms with E-state index >= 15 is 0 Å². The minimum absolute atomic E-state index is 0.0464. The Morgan fingerprint density at radius 2 is 1.65 bits per heavy atom. The first-order chi connectivity index (χ1) is 10.9. The monoisotopic (exact) mass is 323 g/mol. The third-order valence-corrected chi connectivity index (χ3v) is 5.27. The topological polar surface area (TPSA) is 55.4 Å². The van der Waals surface area contributed by atoms with Crippen molar-refractivity contribution in [1.82, 2.24) is 5.32 Å². The van der Waals surface area contributed by atoms with Gasteiger partial charge in [0.25, 0.3) is 0 Å². The number of ketones is 1. The highest BCUT2D eigenvalue weighted by atomic mass is 16.5. The van der Waals surface area contributed by atoms with Crippen LogP contribution in [0.2, 0.25) is 0 Å². The summed E-state index contributed by atoms with van der Waals surface area (Å²) >= 11 is 0. The van der Waals surface area contributed by atoms with E-state index in [4.69, 9.17) is 4.74 Å². The van der Waals surface area contributed by atoms with E-state index < -0.39 is 5.41 Å². The molecule has 2 rings (SSSR count). The van der Waals surface area contributed by atoms with Gasteiger partial charge in [-0.15, -0.1) is 0 Å². The van der Waals surface area contributed by atoms with Crippen molar-refractivity contribution in [3.05, 3.63) is 0 Å². The van der Waals surface area contributed by atoms with Crippen molar-refractivity contribution in [2.75, 3.05) is 13.2 Å². The van der Waals surface area contributed by atoms with Gasteiger partial charge >= 0.3 is 0 Å². The first-order valence-electron chi connectivity index (χ1n) is 9.29. The van der Waals surface area contributed by atoms with Gasteiger partial charge in [0.1, 0.15) is 0 Å². The predicted octanol–water partition coefficient (Wildman–Crippen LogP) is 3.48. The minimum Gasteiger partial charge on any atom is -0.381 e. The molecule has 1 atom stereocenters. The molecule has 0 aromatic heterocycles. The fourth-order valence-corrected chi connectivity index (χ4v) is 3.78. The summed E-state index contributed by atoms with van der Waals surface area (Å²) in [6, 6.07) is -0.303. The molecule has 1 amide bonds. The van der Waals surface area contributed by atoms with Crippen LogP contribution in [0.25, 0.3) is 0 Å². The van der Waals surface area contributed by atoms with Crippen LogP contribution in [-0.2, 0) is 14.3 Å². The average Bonchev–Trinajstić information content (AvgIpc) is 2.53. The van der Waals surface area contributed by atoms with Gasteiger partial charge < -0.3 is 10.1 Å². The summed E-state index contributed by atoms with van der Waals surface area (Å²) in [6.07, 6.45) is 8.16. The number of carbonyl (C=O) groups excluding carboxylic acids is 2. The maximum Gasteiger partial charge on any atom is 0.220 e. The Morgan fingerprint density at radius 1 is 1.04 bits per heavy atom. The molecule has 1 unspecified atom stereocenters. The van der Waals surface area contributed by atoms with E-state index in [2.05, 4.69) is 5.32 Å². The lowest BCUT2D eigenvalue weighted by Crippen LogP contribution is -2.50. The van der Waals surface area contributed by atoms with Gasteiger partial charge in [-0.1, -0.05) is 40.0 Å². The molecule has 0 bridgehead atoms. The van der Waals surface area contributed by atoms with Gasteiger partial charge in [0.15, 0.2) is 5.78 Å². The van der Waals surface area contributed by atoms with Crippen LogP contribution in [0.4, 0.5) is 0 Å². The second-order valence-electron chi connectivity index (χ2n) is 8.32. The summed E-state index contributed by atoms with van der Waals surface area (Å²) in [5.41, 5.74) is -0.409. The molecule has 2 fully saturated rings. The van der Waals surface area contributed by atoms with Crippen LogP contribution >= 0.6 is 0 Å². The quantitative estimate of drug-likeness (QED) is 0.842. The summed E-state index contributed by atoms with van der Waals surface area (Å²) in [4.78, 5) is 25.3. The van der Waals surface area contributed by atoms with Gasteiger partial charge in [-0.3, -0.25) is 9.59 Å². The molecule has 4 heteroatoms. The first kappa shape index (κ1) is 18.4. The summed E-state index contributed by atoms with van der Waals surface area (Å²) in [7, 11) is 0. The van der Waals surface area contributed by atoms with E-state index in [1.54, 1.807) is 0 Å². The first-order valence-corrected chi connectivity index (χ1v) is 9.29. The van der Waals surface area contributed by atoms with E-state index in [1.165, 1.54) is 19.3 Å². The predicted molar refractivity (Wildman–Crippen MR) is 91.1 cm³/mol. The largest absolute Gasteiger partial charge is 0.381 e. The molecule has 132 valence electrons. The second-order valence-corrected chi connectivity index (χ2v) is 8.32. The van der Waals surface area contributed by atoms with Crippen molar-refractivity contribution in [3.8, 4) is 0 Å². The van der Waals surface area contributed by atoms with Crippen molar-refractivity contribution >= 4 is 11.7 Å². The van der Waals surface area contributed by atoms with Crippen LogP contribution in [0.3, 0.4) is 0 Å². The molecule has 1 saturated heterocycles. The lowest BCUT2D eigenvalue weighted by atomic mass is 9.76. The highest BCUT2D eigenvalue weighted by molar-refractivity contribution is 5.92. The lowest BCUT2D eigenvalue weighted by Gasteiger charge is -2.34. The van der Waals surface area contributed by atoms with Crippen LogP contribution in [-0.4, -0.2) is 30.9 Å². The zero-order chi connectivity index (χ0) is 16.9. The number of hydrogen-bond donors (Lipinski definition) is 1. The molecule has 0 spiro atoms. The lowest BCUT2D eigenvalue weighted by molar-refractivity contribution is -0.134. The van der Waals surface area contributed by atoms with Crippen molar-refractivity contribution in [2.45, 2.75) is 78.2 Å². The number of ether oxygens (including phenoxy) is 1. The molecule has 4 nitrogen and oxygen atoms in total. The summed E-state index contributed by atoms with van der Waals surface area (Å²) in [5.74, 6) is 0.949. The molecular weight excluding hydrogens is 290 g/mol. The van der Waals surface area contributed by atoms with E-state index in [1.807, 2.05) is 20.8 Å². The van der Waals surface area contributed by atoms with Crippen LogP contribution < -0.4 is 5.32 Å². The zero-order valence-corrected chi connectivity index (χ0v) is 15.0. The highest BCUT2D eigenvalue weighted by Gasteiger charge is 2.36. The fourth-order valence-electron chi connectivity index (χ4n) is 3.78. The molecule has 1 heterocycles. The molecule has 1 aliphatic heterocycles. The Labute approximate surface area is 140 Å². The molecule has 23 heavy (non-hydrogen) atoms. The number of Topliss-reactive ketones (excluding diaryl/α,β-unsaturated/α-hetero) is 1. The zero-order valence-electron chi connectivity index (χ0n) is 15.0. The molecule has 0 aromatic carbocycles. The molecule has 1 aliphatic carbocycles. The van der Waals surface area contributed by atoms with Crippen LogP contribution in [0, 0.1) is 17.3 Å². The maximum atomic E-state index is 12.9. The number of amides is 1. The Hall–Kier alpha value is -0.900. The van der Waals surface area contributed by atoms with E-state index in [0.29, 0.717) is 18.3 Å². The van der Waals surface area contributed by atoms with E-state index in [-0.39, 0.29) is 17.7 Å². The standard InChI is InChI=1S/C19H33NO3/c1-19(2,3)18(22)17(15-7-5-4-6-8-15)20-16(21)13-14-9-11-23-12-10-14/h14-15,17H,4-13H2,1-3H3,(H,20,21). The minimum atomic E-state index is -0.409. The third kappa shape index (κ3) is 5.59. The van der Waals surface area contributed by atoms with Gasteiger partial charge in [0.2, 0.25) is 5.91 Å². The van der Waals surface area contributed by atoms with Crippen LogP contribution in [0.1, 0.15) is 72.1 Å². The Balaban J connectivity index is 1.98. The Kier molecular flexibility index (Phi) is 6.63. The SMILES string of the molecule is CC(C)(C)C(=O)C(NC(=O)CC1CCOCC1)C1CCCCC1. The number of rotatable bonds is 5. The molecule has 0 aromatic rings. The smallest absolute Gasteiger partial charge is 0.220 e. The van der Waals surface area contributed by atoms with Crippen molar-refractivity contribution < 1.29 is 14.3 Å². The number of carbonyl (C=O) groups is 2. The van der Waals surface area contributed by atoms with Gasteiger partial charge in [-0.05, 0) is 37.5 Å². The summed E-state index contributed by atoms with van der Waals surface area (Å²) < 4.78 is 5.35. The Bertz CT molecular complexity index is 401. The maximum absolute atomic E-state index is 12.9. The van der Waals surface area contributed by atoms with Gasteiger partial charge in [0.05, 0.1) is 6.04 Å². The average molecular weight is 323 g/mol. The number of hydrogen-bond acceptors (Lipinski definition) is 3. The van der Waals surface area contributed by atoms with Gasteiger partial charge in [-0.25, -0.2) is 0 Å². The van der Waals surface area contributed by atoms with Crippen LogP contribution in [0.15, 0.2) is 0 Å². The molecule has 1 N–H and O–H groups in total. The normalized spacial score (nSPS) is 22.6. The number of nitrogens with one attached hydrogen (secondary N) is 1. The van der Waals surface area contributed by atoms with Crippen molar-refractivity contribution in [2.24, 2.45) is 17.3 Å². The van der Waals surface area contributed by atoms with Crippen molar-refractivity contribution in [1.29, 1.82) is 0 Å². The molecule has 0 radical (unpaired) electrons. The van der Waals surface area contributed by atoms with E-state index in [9.17, 15) is 9.59 Å².